The lowest BCUT2D eigenvalue weighted by Crippen LogP contribution is -2.34. The van der Waals surface area contributed by atoms with Crippen molar-refractivity contribution in [2.24, 2.45) is 0 Å². The molecule has 0 amide bonds. The quantitative estimate of drug-likeness (QED) is 0.760. The van der Waals surface area contributed by atoms with Crippen LogP contribution in [0.1, 0.15) is 32.1 Å². The van der Waals surface area contributed by atoms with E-state index in [1.165, 1.54) is 16.2 Å². The van der Waals surface area contributed by atoms with Crippen LogP contribution in [0, 0.1) is 0 Å². The summed E-state index contributed by atoms with van der Waals surface area (Å²) in [5.41, 5.74) is 0.634. The molecule has 1 saturated carbocycles. The van der Waals surface area contributed by atoms with Gasteiger partial charge in [-0.25, -0.2) is 0 Å². The van der Waals surface area contributed by atoms with Crippen LogP contribution in [-0.4, -0.2) is 23.2 Å². The summed E-state index contributed by atoms with van der Waals surface area (Å²) in [6.45, 7) is 3.75. The molecule has 0 aromatic carbocycles. The zero-order valence-electron chi connectivity index (χ0n) is 9.58. The minimum atomic E-state index is -0.610. The van der Waals surface area contributed by atoms with E-state index in [2.05, 4.69) is 19.1 Å². The van der Waals surface area contributed by atoms with Gasteiger partial charge in [0.15, 0.2) is 0 Å². The summed E-state index contributed by atoms with van der Waals surface area (Å²) in [5.74, 6) is 0. The molecule has 1 atom stereocenters. The largest absolute Gasteiger partial charge is 0.385 e. The van der Waals surface area contributed by atoms with Crippen LogP contribution in [0.4, 0.5) is 0 Å². The highest BCUT2D eigenvalue weighted by Gasteiger charge is 2.34. The number of aliphatic hydroxyl groups is 1. The van der Waals surface area contributed by atoms with Crippen molar-refractivity contribution in [1.29, 1.82) is 0 Å². The van der Waals surface area contributed by atoms with E-state index in [-0.39, 0.29) is 0 Å². The maximum atomic E-state index is 10.6. The molecule has 0 heterocycles. The molecule has 1 N–H and O–H groups in total. The molecular weight excluding hydrogens is 224 g/mol. The highest BCUT2D eigenvalue weighted by molar-refractivity contribution is 8.21. The zero-order chi connectivity index (χ0) is 11.3. The van der Waals surface area contributed by atoms with E-state index in [0.29, 0.717) is 6.42 Å². The Labute approximate surface area is 101 Å². The molecule has 0 radical (unpaired) electrons. The number of hydrogen-bond acceptors (Lipinski definition) is 3. The third kappa shape index (κ3) is 3.05. The Kier molecular flexibility index (Phi) is 5.30. The van der Waals surface area contributed by atoms with Crippen LogP contribution in [0.5, 0.6) is 0 Å². The summed E-state index contributed by atoms with van der Waals surface area (Å²) in [4.78, 5) is 0. The fraction of sp³-hybridized carbons (Fsp3) is 0.667. The van der Waals surface area contributed by atoms with Crippen LogP contribution in [0.3, 0.4) is 0 Å². The molecule has 1 fully saturated rings. The van der Waals surface area contributed by atoms with Gasteiger partial charge in [-0.1, -0.05) is 6.08 Å². The predicted octanol–water partition coefficient (Wildman–Crippen LogP) is 3.81. The van der Waals surface area contributed by atoms with Crippen LogP contribution in [-0.2, 0) is 0 Å². The lowest BCUT2D eigenvalue weighted by atomic mass is 9.79. The van der Waals surface area contributed by atoms with E-state index in [4.69, 9.17) is 0 Å². The van der Waals surface area contributed by atoms with E-state index in [1.807, 2.05) is 6.08 Å². The van der Waals surface area contributed by atoms with E-state index in [1.54, 1.807) is 23.5 Å². The van der Waals surface area contributed by atoms with Gasteiger partial charge in [0.25, 0.3) is 0 Å². The Morgan fingerprint density at radius 3 is 2.67 bits per heavy atom. The van der Waals surface area contributed by atoms with Gasteiger partial charge in [-0.3, -0.25) is 0 Å². The Balaban J connectivity index is 2.99. The molecule has 1 nitrogen and oxygen atoms in total. The van der Waals surface area contributed by atoms with Gasteiger partial charge in [0, 0.05) is 4.24 Å². The Morgan fingerprint density at radius 1 is 1.47 bits per heavy atom. The molecule has 0 aliphatic heterocycles. The van der Waals surface area contributed by atoms with Gasteiger partial charge in [0.05, 0.1) is 5.60 Å². The molecule has 1 rings (SSSR count). The number of hydrogen-bond donors (Lipinski definition) is 1. The van der Waals surface area contributed by atoms with E-state index in [9.17, 15) is 5.11 Å². The third-order valence-corrected chi connectivity index (χ3v) is 5.16. The van der Waals surface area contributed by atoms with Crippen LogP contribution < -0.4 is 0 Å². The first-order valence-corrected chi connectivity index (χ1v) is 7.77. The lowest BCUT2D eigenvalue weighted by molar-refractivity contribution is 0.0548. The molecule has 1 aliphatic carbocycles. The molecule has 1 unspecified atom stereocenters. The standard InChI is InChI=1S/C12H20OS2/c1-4-8-12(13)9-6-5-7-10(12)11(14-2)15-3/h4,13H,1,5-9H2,2-3H3. The van der Waals surface area contributed by atoms with Crippen molar-refractivity contribution in [2.45, 2.75) is 37.7 Å². The predicted molar refractivity (Wildman–Crippen MR) is 72.3 cm³/mol. The van der Waals surface area contributed by atoms with Crippen molar-refractivity contribution in [1.82, 2.24) is 0 Å². The molecule has 0 spiro atoms. The SMILES string of the molecule is C=CCC1(O)CCCCC1=C(SC)SC. The second-order valence-electron chi connectivity index (χ2n) is 3.91. The molecule has 0 aromatic rings. The third-order valence-electron chi connectivity index (χ3n) is 2.93. The summed E-state index contributed by atoms with van der Waals surface area (Å²) < 4.78 is 1.29. The first-order valence-electron chi connectivity index (χ1n) is 5.33. The van der Waals surface area contributed by atoms with Crippen LogP contribution in [0.2, 0.25) is 0 Å². The van der Waals surface area contributed by atoms with Crippen molar-refractivity contribution in [2.75, 3.05) is 12.5 Å². The lowest BCUT2D eigenvalue weighted by Gasteiger charge is -2.35. The van der Waals surface area contributed by atoms with Crippen molar-refractivity contribution in [3.63, 3.8) is 0 Å². The summed E-state index contributed by atoms with van der Waals surface area (Å²) >= 11 is 3.51. The normalized spacial score (nSPS) is 26.5. The average Bonchev–Trinajstić information content (AvgIpc) is 2.23. The summed E-state index contributed by atoms with van der Waals surface area (Å²) in [6, 6.07) is 0. The van der Waals surface area contributed by atoms with Crippen molar-refractivity contribution < 1.29 is 5.11 Å². The van der Waals surface area contributed by atoms with E-state index >= 15 is 0 Å². The fourth-order valence-corrected chi connectivity index (χ4v) is 3.93. The van der Waals surface area contributed by atoms with Gasteiger partial charge >= 0.3 is 0 Å². The molecule has 1 aliphatic rings. The minimum Gasteiger partial charge on any atom is -0.385 e. The first kappa shape index (κ1) is 13.2. The number of rotatable bonds is 4. The van der Waals surface area contributed by atoms with Crippen molar-refractivity contribution in [3.8, 4) is 0 Å². The summed E-state index contributed by atoms with van der Waals surface area (Å²) in [7, 11) is 0. The van der Waals surface area contributed by atoms with Crippen LogP contribution in [0.25, 0.3) is 0 Å². The Morgan fingerprint density at radius 2 is 2.13 bits per heavy atom. The fourth-order valence-electron chi connectivity index (χ4n) is 2.19. The van der Waals surface area contributed by atoms with Gasteiger partial charge in [-0.15, -0.1) is 30.1 Å². The molecule has 15 heavy (non-hydrogen) atoms. The van der Waals surface area contributed by atoms with Crippen molar-refractivity contribution >= 4 is 23.5 Å². The minimum absolute atomic E-state index is 0.610. The average molecular weight is 244 g/mol. The highest BCUT2D eigenvalue weighted by atomic mass is 32.2. The van der Waals surface area contributed by atoms with Crippen LogP contribution >= 0.6 is 23.5 Å². The molecule has 0 saturated heterocycles. The summed E-state index contributed by atoms with van der Waals surface area (Å²) in [5, 5.41) is 10.6. The van der Waals surface area contributed by atoms with Gasteiger partial charge < -0.3 is 5.11 Å². The van der Waals surface area contributed by atoms with Gasteiger partial charge in [-0.2, -0.15) is 0 Å². The zero-order valence-corrected chi connectivity index (χ0v) is 11.2. The first-order chi connectivity index (χ1) is 7.18. The monoisotopic (exact) mass is 244 g/mol. The second kappa shape index (κ2) is 6.02. The molecule has 0 aromatic heterocycles. The second-order valence-corrected chi connectivity index (χ2v) is 5.80. The smallest absolute Gasteiger partial charge is 0.0909 e. The van der Waals surface area contributed by atoms with E-state index in [0.717, 1.165) is 19.3 Å². The van der Waals surface area contributed by atoms with Crippen LogP contribution in [0.15, 0.2) is 22.5 Å². The molecule has 3 heteroatoms. The van der Waals surface area contributed by atoms with Gasteiger partial charge in [0.1, 0.15) is 0 Å². The highest BCUT2D eigenvalue weighted by Crippen LogP contribution is 2.43. The Hall–Kier alpha value is 0.140. The van der Waals surface area contributed by atoms with Gasteiger partial charge in [0.2, 0.25) is 0 Å². The van der Waals surface area contributed by atoms with Gasteiger partial charge in [-0.05, 0) is 50.2 Å². The summed E-state index contributed by atoms with van der Waals surface area (Å²) in [6.07, 6.45) is 11.0. The van der Waals surface area contributed by atoms with E-state index < -0.39 is 5.60 Å². The molecule has 0 bridgehead atoms. The maximum Gasteiger partial charge on any atom is 0.0909 e. The Bertz CT molecular complexity index is 254. The molecular formula is C12H20OS2. The topological polar surface area (TPSA) is 20.2 Å². The molecule has 86 valence electrons. The number of thioether (sulfide) groups is 2. The maximum absolute atomic E-state index is 10.6. The van der Waals surface area contributed by atoms with Crippen molar-refractivity contribution in [3.05, 3.63) is 22.5 Å².